The van der Waals surface area contributed by atoms with E-state index < -0.39 is 0 Å². The van der Waals surface area contributed by atoms with Gasteiger partial charge in [0.1, 0.15) is 5.75 Å². The number of methoxy groups -OCH3 is 2. The second-order valence-electron chi connectivity index (χ2n) is 6.30. The summed E-state index contributed by atoms with van der Waals surface area (Å²) < 4.78 is 11.0. The van der Waals surface area contributed by atoms with Gasteiger partial charge in [-0.05, 0) is 41.3 Å². The SMILES string of the molecule is C=CCc1cc(OC)c(OC)cc1C(c1ccccc1)c1ccccc1O. The summed E-state index contributed by atoms with van der Waals surface area (Å²) in [7, 11) is 3.26. The number of hydrogen-bond donors (Lipinski definition) is 1. The fourth-order valence-electron chi connectivity index (χ4n) is 3.44. The van der Waals surface area contributed by atoms with Gasteiger partial charge in [0.2, 0.25) is 0 Å². The van der Waals surface area contributed by atoms with Crippen LogP contribution in [0.5, 0.6) is 17.2 Å². The van der Waals surface area contributed by atoms with E-state index in [1.54, 1.807) is 20.3 Å². The highest BCUT2D eigenvalue weighted by molar-refractivity contribution is 5.56. The van der Waals surface area contributed by atoms with Gasteiger partial charge in [-0.1, -0.05) is 54.6 Å². The molecule has 0 bridgehead atoms. The molecule has 0 aromatic heterocycles. The van der Waals surface area contributed by atoms with Crippen LogP contribution in [0.2, 0.25) is 0 Å². The van der Waals surface area contributed by atoms with E-state index in [4.69, 9.17) is 9.47 Å². The average Bonchev–Trinajstić information content (AvgIpc) is 2.71. The van der Waals surface area contributed by atoms with Crippen LogP contribution in [0.1, 0.15) is 28.2 Å². The van der Waals surface area contributed by atoms with Crippen LogP contribution in [0.15, 0.2) is 79.4 Å². The minimum absolute atomic E-state index is 0.137. The Morgan fingerprint density at radius 1 is 0.889 bits per heavy atom. The Morgan fingerprint density at radius 3 is 2.15 bits per heavy atom. The van der Waals surface area contributed by atoms with Crippen molar-refractivity contribution in [1.29, 1.82) is 0 Å². The molecule has 0 spiro atoms. The smallest absolute Gasteiger partial charge is 0.161 e. The molecule has 1 atom stereocenters. The van der Waals surface area contributed by atoms with Gasteiger partial charge in [-0.3, -0.25) is 0 Å². The zero-order valence-electron chi connectivity index (χ0n) is 15.7. The molecule has 3 heteroatoms. The Hall–Kier alpha value is -3.20. The molecular formula is C24H24O3. The van der Waals surface area contributed by atoms with Gasteiger partial charge < -0.3 is 14.6 Å². The third-order valence-corrected chi connectivity index (χ3v) is 4.70. The van der Waals surface area contributed by atoms with Crippen molar-refractivity contribution in [3.05, 3.63) is 102 Å². The van der Waals surface area contributed by atoms with Gasteiger partial charge >= 0.3 is 0 Å². The van der Waals surface area contributed by atoms with Gasteiger partial charge in [0.05, 0.1) is 14.2 Å². The number of aromatic hydroxyl groups is 1. The molecule has 0 fully saturated rings. The summed E-state index contributed by atoms with van der Waals surface area (Å²) >= 11 is 0. The molecule has 0 aliphatic carbocycles. The first kappa shape index (κ1) is 18.6. The van der Waals surface area contributed by atoms with Crippen molar-refractivity contribution in [2.45, 2.75) is 12.3 Å². The molecule has 0 aliphatic heterocycles. The predicted molar refractivity (Wildman–Crippen MR) is 109 cm³/mol. The second-order valence-corrected chi connectivity index (χ2v) is 6.30. The molecule has 3 nitrogen and oxygen atoms in total. The number of rotatable bonds is 7. The minimum Gasteiger partial charge on any atom is -0.508 e. The highest BCUT2D eigenvalue weighted by atomic mass is 16.5. The summed E-state index contributed by atoms with van der Waals surface area (Å²) in [6, 6.07) is 21.6. The highest BCUT2D eigenvalue weighted by Crippen LogP contribution is 2.42. The van der Waals surface area contributed by atoms with E-state index in [0.717, 1.165) is 22.3 Å². The number of allylic oxidation sites excluding steroid dienone is 1. The Labute approximate surface area is 160 Å². The average molecular weight is 360 g/mol. The summed E-state index contributed by atoms with van der Waals surface area (Å²) in [6.07, 6.45) is 2.56. The number of para-hydroxylation sites is 1. The van der Waals surface area contributed by atoms with E-state index in [-0.39, 0.29) is 11.7 Å². The molecule has 0 heterocycles. The van der Waals surface area contributed by atoms with Crippen LogP contribution >= 0.6 is 0 Å². The molecule has 0 saturated heterocycles. The zero-order valence-corrected chi connectivity index (χ0v) is 15.7. The fraction of sp³-hybridized carbons (Fsp3) is 0.167. The van der Waals surface area contributed by atoms with Gasteiger partial charge in [-0.25, -0.2) is 0 Å². The number of phenols is 1. The van der Waals surface area contributed by atoms with Gasteiger partial charge in [0.15, 0.2) is 11.5 Å². The van der Waals surface area contributed by atoms with Gasteiger partial charge in [0, 0.05) is 11.5 Å². The molecule has 0 amide bonds. The molecule has 0 radical (unpaired) electrons. The van der Waals surface area contributed by atoms with Crippen molar-refractivity contribution >= 4 is 0 Å². The van der Waals surface area contributed by atoms with E-state index in [2.05, 4.69) is 18.7 Å². The van der Waals surface area contributed by atoms with Crippen molar-refractivity contribution in [2.24, 2.45) is 0 Å². The maximum Gasteiger partial charge on any atom is 0.161 e. The normalized spacial score (nSPS) is 11.6. The molecule has 138 valence electrons. The maximum absolute atomic E-state index is 10.6. The molecule has 0 aliphatic rings. The largest absolute Gasteiger partial charge is 0.508 e. The Balaban J connectivity index is 2.29. The number of hydrogen-bond acceptors (Lipinski definition) is 3. The fourth-order valence-corrected chi connectivity index (χ4v) is 3.44. The van der Waals surface area contributed by atoms with Crippen molar-refractivity contribution in [3.8, 4) is 17.2 Å². The number of phenolic OH excluding ortho intramolecular Hbond substituents is 1. The van der Waals surface area contributed by atoms with Crippen LogP contribution < -0.4 is 9.47 Å². The summed E-state index contributed by atoms with van der Waals surface area (Å²) in [5.41, 5.74) is 4.08. The van der Waals surface area contributed by atoms with Crippen molar-refractivity contribution in [2.75, 3.05) is 14.2 Å². The molecule has 1 unspecified atom stereocenters. The summed E-state index contributed by atoms with van der Waals surface area (Å²) in [5.74, 6) is 1.48. The summed E-state index contributed by atoms with van der Waals surface area (Å²) in [5, 5.41) is 10.6. The van der Waals surface area contributed by atoms with E-state index in [1.807, 2.05) is 54.6 Å². The van der Waals surface area contributed by atoms with Crippen molar-refractivity contribution < 1.29 is 14.6 Å². The van der Waals surface area contributed by atoms with Gasteiger partial charge in [-0.2, -0.15) is 0 Å². The minimum atomic E-state index is -0.137. The van der Waals surface area contributed by atoms with Crippen LogP contribution in [0.3, 0.4) is 0 Å². The van der Waals surface area contributed by atoms with E-state index >= 15 is 0 Å². The van der Waals surface area contributed by atoms with Gasteiger partial charge in [-0.15, -0.1) is 6.58 Å². The molecule has 1 N–H and O–H groups in total. The Morgan fingerprint density at radius 2 is 1.52 bits per heavy atom. The van der Waals surface area contributed by atoms with E-state index in [0.29, 0.717) is 17.9 Å². The Kier molecular flexibility index (Phi) is 5.82. The molecule has 3 aromatic carbocycles. The second kappa shape index (κ2) is 8.45. The molecule has 3 rings (SSSR count). The van der Waals surface area contributed by atoms with Crippen LogP contribution in [0.25, 0.3) is 0 Å². The van der Waals surface area contributed by atoms with Crippen LogP contribution in [-0.4, -0.2) is 19.3 Å². The van der Waals surface area contributed by atoms with E-state index in [9.17, 15) is 5.11 Å². The van der Waals surface area contributed by atoms with E-state index in [1.165, 1.54) is 0 Å². The Bertz CT molecular complexity index is 916. The third kappa shape index (κ3) is 3.82. The lowest BCUT2D eigenvalue weighted by molar-refractivity contribution is 0.354. The lowest BCUT2D eigenvalue weighted by Crippen LogP contribution is -2.08. The molecular weight excluding hydrogens is 336 g/mol. The van der Waals surface area contributed by atoms with Crippen LogP contribution in [0.4, 0.5) is 0 Å². The first-order chi connectivity index (χ1) is 13.2. The van der Waals surface area contributed by atoms with Crippen LogP contribution in [-0.2, 0) is 6.42 Å². The molecule has 3 aromatic rings. The predicted octanol–water partition coefficient (Wildman–Crippen LogP) is 5.32. The molecule has 0 saturated carbocycles. The first-order valence-corrected chi connectivity index (χ1v) is 8.88. The summed E-state index contributed by atoms with van der Waals surface area (Å²) in [4.78, 5) is 0. The number of benzene rings is 3. The monoisotopic (exact) mass is 360 g/mol. The lowest BCUT2D eigenvalue weighted by atomic mass is 9.81. The van der Waals surface area contributed by atoms with Gasteiger partial charge in [0.25, 0.3) is 0 Å². The number of ether oxygens (including phenoxy) is 2. The topological polar surface area (TPSA) is 38.7 Å². The molecule has 27 heavy (non-hydrogen) atoms. The maximum atomic E-state index is 10.6. The third-order valence-electron chi connectivity index (χ3n) is 4.70. The van der Waals surface area contributed by atoms with Crippen molar-refractivity contribution in [3.63, 3.8) is 0 Å². The van der Waals surface area contributed by atoms with Crippen molar-refractivity contribution in [1.82, 2.24) is 0 Å². The highest BCUT2D eigenvalue weighted by Gasteiger charge is 2.24. The first-order valence-electron chi connectivity index (χ1n) is 8.88. The lowest BCUT2D eigenvalue weighted by Gasteiger charge is -2.24. The van der Waals surface area contributed by atoms with Crippen LogP contribution in [0, 0.1) is 0 Å². The summed E-state index contributed by atoms with van der Waals surface area (Å²) in [6.45, 7) is 3.90. The zero-order chi connectivity index (χ0) is 19.2. The standard InChI is InChI=1S/C24H24O3/c1-4-10-18-15-22(26-2)23(27-3)16-20(18)24(17-11-6-5-7-12-17)19-13-8-9-14-21(19)25/h4-9,11-16,24-25H,1,10H2,2-3H3. The quantitative estimate of drug-likeness (QED) is 0.458.